The van der Waals surface area contributed by atoms with E-state index in [2.05, 4.69) is 12.2 Å². The van der Waals surface area contributed by atoms with Gasteiger partial charge < -0.3 is 5.32 Å². The van der Waals surface area contributed by atoms with Crippen LogP contribution in [0.2, 0.25) is 0 Å². The molecule has 3 rings (SSSR count). The Morgan fingerprint density at radius 3 is 2.32 bits per heavy atom. The number of rotatable bonds is 6. The number of ketones is 1. The molecule has 0 saturated carbocycles. The largest absolute Gasteiger partial charge is 0.377 e. The van der Waals surface area contributed by atoms with Crippen LogP contribution in [0, 0.1) is 19.8 Å². The lowest BCUT2D eigenvalue weighted by molar-refractivity contribution is 0.101. The molecule has 0 aliphatic carbocycles. The summed E-state index contributed by atoms with van der Waals surface area (Å²) in [5, 5.41) is 3.20. The Balaban J connectivity index is 1.74. The van der Waals surface area contributed by atoms with E-state index < -0.39 is 10.0 Å². The average molecular weight is 401 g/mol. The standard InChI is InChI=1S/C22H28N2O3S/c1-16-10-12-24(13-11-16)28(26,27)20-9-5-8-19(14-20)21(25)15-23-22-17(2)6-4-7-18(22)3/h4-9,14,16,23H,10-13,15H2,1-3H3. The summed E-state index contributed by atoms with van der Waals surface area (Å²) in [7, 11) is -3.56. The smallest absolute Gasteiger partial charge is 0.243 e. The van der Waals surface area contributed by atoms with Crippen LogP contribution in [0.4, 0.5) is 5.69 Å². The van der Waals surface area contributed by atoms with Gasteiger partial charge in [0.15, 0.2) is 5.78 Å². The molecule has 0 amide bonds. The Labute approximate surface area is 167 Å². The van der Waals surface area contributed by atoms with Gasteiger partial charge in [0, 0.05) is 24.3 Å². The average Bonchev–Trinajstić information content (AvgIpc) is 2.68. The number of nitrogens with one attached hydrogen (secondary N) is 1. The van der Waals surface area contributed by atoms with E-state index in [0.717, 1.165) is 29.7 Å². The number of carbonyl (C=O) groups excluding carboxylic acids is 1. The molecule has 0 atom stereocenters. The Hall–Kier alpha value is -2.18. The van der Waals surface area contributed by atoms with Gasteiger partial charge in [-0.3, -0.25) is 4.79 Å². The van der Waals surface area contributed by atoms with E-state index in [1.807, 2.05) is 32.0 Å². The first-order chi connectivity index (χ1) is 13.3. The highest BCUT2D eigenvalue weighted by Crippen LogP contribution is 2.24. The van der Waals surface area contributed by atoms with Crippen molar-refractivity contribution in [3.63, 3.8) is 0 Å². The van der Waals surface area contributed by atoms with Gasteiger partial charge in [-0.05, 0) is 55.9 Å². The monoisotopic (exact) mass is 400 g/mol. The molecule has 1 aliphatic rings. The summed E-state index contributed by atoms with van der Waals surface area (Å²) in [5.41, 5.74) is 3.50. The number of aryl methyl sites for hydroxylation is 2. The Bertz CT molecular complexity index is 941. The molecule has 0 aromatic heterocycles. The van der Waals surface area contributed by atoms with Gasteiger partial charge in [-0.1, -0.05) is 37.3 Å². The first kappa shape index (κ1) is 20.6. The summed E-state index contributed by atoms with van der Waals surface area (Å²) < 4.78 is 27.4. The second kappa shape index (κ2) is 8.45. The van der Waals surface area contributed by atoms with Gasteiger partial charge in [-0.15, -0.1) is 0 Å². The van der Waals surface area contributed by atoms with Crippen molar-refractivity contribution in [2.24, 2.45) is 5.92 Å². The maximum absolute atomic E-state index is 12.9. The molecule has 0 spiro atoms. The van der Waals surface area contributed by atoms with Gasteiger partial charge in [-0.25, -0.2) is 8.42 Å². The third-order valence-electron chi connectivity index (χ3n) is 5.44. The fourth-order valence-electron chi connectivity index (χ4n) is 3.57. The van der Waals surface area contributed by atoms with Crippen molar-refractivity contribution in [3.05, 3.63) is 59.2 Å². The summed E-state index contributed by atoms with van der Waals surface area (Å²) in [5.74, 6) is 0.419. The van der Waals surface area contributed by atoms with Crippen molar-refractivity contribution in [1.29, 1.82) is 0 Å². The quantitative estimate of drug-likeness (QED) is 0.744. The fourth-order valence-corrected chi connectivity index (χ4v) is 5.08. The molecular formula is C22H28N2O3S. The van der Waals surface area contributed by atoms with Crippen molar-refractivity contribution in [1.82, 2.24) is 4.31 Å². The van der Waals surface area contributed by atoms with Gasteiger partial charge in [0.25, 0.3) is 0 Å². The van der Waals surface area contributed by atoms with Crippen LogP contribution in [0.1, 0.15) is 41.3 Å². The lowest BCUT2D eigenvalue weighted by Crippen LogP contribution is -2.37. The second-order valence-corrected chi connectivity index (χ2v) is 9.60. The van der Waals surface area contributed by atoms with Crippen LogP contribution in [0.5, 0.6) is 0 Å². The SMILES string of the molecule is Cc1cccc(C)c1NCC(=O)c1cccc(S(=O)(=O)N2CCC(C)CC2)c1. The number of anilines is 1. The van der Waals surface area contributed by atoms with Crippen molar-refractivity contribution in [3.8, 4) is 0 Å². The highest BCUT2D eigenvalue weighted by molar-refractivity contribution is 7.89. The molecular weight excluding hydrogens is 372 g/mol. The van der Waals surface area contributed by atoms with Gasteiger partial charge in [-0.2, -0.15) is 4.31 Å². The molecule has 2 aromatic carbocycles. The maximum Gasteiger partial charge on any atom is 0.243 e. The number of nitrogens with zero attached hydrogens (tertiary/aromatic N) is 1. The zero-order chi connectivity index (χ0) is 20.3. The number of para-hydroxylation sites is 1. The first-order valence-corrected chi connectivity index (χ1v) is 11.2. The second-order valence-electron chi connectivity index (χ2n) is 7.66. The molecule has 1 N–H and O–H groups in total. The Morgan fingerprint density at radius 2 is 1.68 bits per heavy atom. The van der Waals surface area contributed by atoms with E-state index >= 15 is 0 Å². The summed E-state index contributed by atoms with van der Waals surface area (Å²) >= 11 is 0. The predicted molar refractivity (Wildman–Crippen MR) is 112 cm³/mol. The molecule has 0 radical (unpaired) electrons. The highest BCUT2D eigenvalue weighted by Gasteiger charge is 2.28. The zero-order valence-corrected chi connectivity index (χ0v) is 17.6. The Morgan fingerprint density at radius 1 is 1.07 bits per heavy atom. The summed E-state index contributed by atoms with van der Waals surface area (Å²) in [6, 6.07) is 12.4. The molecule has 1 saturated heterocycles. The number of hydrogen-bond acceptors (Lipinski definition) is 4. The lowest BCUT2D eigenvalue weighted by atomic mass is 10.0. The molecule has 6 heteroatoms. The fraction of sp³-hybridized carbons (Fsp3) is 0.409. The van der Waals surface area contributed by atoms with E-state index in [-0.39, 0.29) is 17.2 Å². The summed E-state index contributed by atoms with van der Waals surface area (Å²) in [6.45, 7) is 7.33. The number of carbonyl (C=O) groups is 1. The van der Waals surface area contributed by atoms with E-state index in [0.29, 0.717) is 24.6 Å². The minimum Gasteiger partial charge on any atom is -0.377 e. The number of benzene rings is 2. The van der Waals surface area contributed by atoms with Crippen molar-refractivity contribution >= 4 is 21.5 Å². The maximum atomic E-state index is 12.9. The highest BCUT2D eigenvalue weighted by atomic mass is 32.2. The minimum atomic E-state index is -3.56. The minimum absolute atomic E-state index is 0.121. The van der Waals surface area contributed by atoms with Crippen molar-refractivity contribution < 1.29 is 13.2 Å². The molecule has 150 valence electrons. The molecule has 0 unspecified atom stereocenters. The van der Waals surface area contributed by atoms with Crippen molar-refractivity contribution in [2.45, 2.75) is 38.5 Å². The molecule has 1 aliphatic heterocycles. The van der Waals surface area contributed by atoms with E-state index in [1.165, 1.54) is 10.4 Å². The van der Waals surface area contributed by atoms with E-state index in [4.69, 9.17) is 0 Å². The number of sulfonamides is 1. The van der Waals surface area contributed by atoms with Crippen molar-refractivity contribution in [2.75, 3.05) is 25.0 Å². The molecule has 5 nitrogen and oxygen atoms in total. The third-order valence-corrected chi connectivity index (χ3v) is 7.34. The summed E-state index contributed by atoms with van der Waals surface area (Å²) in [4.78, 5) is 12.9. The van der Waals surface area contributed by atoms with Crippen LogP contribution in [-0.4, -0.2) is 38.1 Å². The normalized spacial score (nSPS) is 16.1. The van der Waals surface area contributed by atoms with Gasteiger partial charge in [0.2, 0.25) is 10.0 Å². The van der Waals surface area contributed by atoms with Gasteiger partial charge in [0.05, 0.1) is 11.4 Å². The summed E-state index contributed by atoms with van der Waals surface area (Å²) in [6.07, 6.45) is 1.75. The van der Waals surface area contributed by atoms with Gasteiger partial charge >= 0.3 is 0 Å². The zero-order valence-electron chi connectivity index (χ0n) is 16.7. The van der Waals surface area contributed by atoms with Gasteiger partial charge in [0.1, 0.15) is 0 Å². The van der Waals surface area contributed by atoms with Crippen LogP contribution in [0.25, 0.3) is 0 Å². The predicted octanol–water partition coefficient (Wildman–Crippen LogP) is 4.02. The third kappa shape index (κ3) is 4.45. The topological polar surface area (TPSA) is 66.5 Å². The first-order valence-electron chi connectivity index (χ1n) is 9.72. The van der Waals surface area contributed by atoms with E-state index in [1.54, 1.807) is 18.2 Å². The molecule has 1 heterocycles. The van der Waals surface area contributed by atoms with Crippen LogP contribution in [0.3, 0.4) is 0 Å². The molecule has 28 heavy (non-hydrogen) atoms. The van der Waals surface area contributed by atoms with Crippen LogP contribution >= 0.6 is 0 Å². The van der Waals surface area contributed by atoms with E-state index in [9.17, 15) is 13.2 Å². The number of Topliss-reactive ketones (excluding diaryl/α,β-unsaturated/α-hetero) is 1. The van der Waals surface area contributed by atoms with Crippen LogP contribution in [-0.2, 0) is 10.0 Å². The molecule has 0 bridgehead atoms. The molecule has 2 aromatic rings. The lowest BCUT2D eigenvalue weighted by Gasteiger charge is -2.29. The van der Waals surface area contributed by atoms with Crippen LogP contribution < -0.4 is 5.32 Å². The molecule has 1 fully saturated rings. The number of piperidine rings is 1. The Kier molecular flexibility index (Phi) is 6.20. The number of hydrogen-bond donors (Lipinski definition) is 1. The van der Waals surface area contributed by atoms with Crippen LogP contribution in [0.15, 0.2) is 47.4 Å².